The number of nitrogens with two attached hydrogens (primary N) is 1. The Bertz CT molecular complexity index is 447. The van der Waals surface area contributed by atoms with Gasteiger partial charge in [0.25, 0.3) is 0 Å². The highest BCUT2D eigenvalue weighted by Gasteiger charge is 2.08. The third-order valence-corrected chi connectivity index (χ3v) is 2.11. The van der Waals surface area contributed by atoms with E-state index in [0.717, 1.165) is 23.6 Å². The molecule has 138 valence electrons. The minimum atomic E-state index is -1.27. The summed E-state index contributed by atoms with van der Waals surface area (Å²) in [5.74, 6) is -2.93. The summed E-state index contributed by atoms with van der Waals surface area (Å²) in [5, 5.41) is 16.1. The largest absolute Gasteiger partial charge is 0.481 e. The van der Waals surface area contributed by atoms with Gasteiger partial charge in [0, 0.05) is 5.57 Å². The average molecular weight is 364 g/mol. The monoisotopic (exact) mass is 363 g/mol. The first-order chi connectivity index (χ1) is 10.4. The van der Waals surface area contributed by atoms with Gasteiger partial charge in [-0.2, -0.15) is 0 Å². The van der Waals surface area contributed by atoms with Gasteiger partial charge in [0.2, 0.25) is 5.91 Å². The zero-order valence-corrected chi connectivity index (χ0v) is 15.1. The number of primary amides is 1. The van der Waals surface area contributed by atoms with Crippen LogP contribution in [0.25, 0.3) is 0 Å². The van der Waals surface area contributed by atoms with Crippen molar-refractivity contribution in [1.29, 1.82) is 0 Å². The van der Waals surface area contributed by atoms with E-state index in [9.17, 15) is 14.4 Å². The minimum absolute atomic E-state index is 0. The number of hydrogen-bond acceptors (Lipinski definition) is 3. The molecule has 0 atom stereocenters. The highest BCUT2D eigenvalue weighted by atomic mass is 35.5. The first kappa shape index (κ1) is 29.6. The number of rotatable bonds is 8. The van der Waals surface area contributed by atoms with Gasteiger partial charge in [-0.3, -0.25) is 9.59 Å². The van der Waals surface area contributed by atoms with Gasteiger partial charge in [-0.05, 0) is 18.2 Å². The molecular weight excluding hydrogens is 336 g/mol. The van der Waals surface area contributed by atoms with Crippen LogP contribution in [-0.4, -0.2) is 59.7 Å². The number of nitrogens with zero attached hydrogens (tertiary/aromatic N) is 1. The number of carboxylic acid groups (broad SMARTS) is 2. The summed E-state index contributed by atoms with van der Waals surface area (Å²) < 4.78 is 0.951. The first-order valence-electron chi connectivity index (χ1n) is 6.52. The molecule has 7 nitrogen and oxygen atoms in total. The van der Waals surface area contributed by atoms with Crippen molar-refractivity contribution in [3.63, 3.8) is 0 Å². The summed E-state index contributed by atoms with van der Waals surface area (Å²) in [7, 11) is 4.31. The molecule has 0 rings (SSSR count). The molecule has 0 bridgehead atoms. The number of hydrogen-bond donors (Lipinski definition) is 3. The number of likely N-dealkylation sites (N-methyl/N-ethyl adjacent to an activating group) is 1. The fraction of sp³-hybridized carbons (Fsp3) is 0.312. The topological polar surface area (TPSA) is 118 Å². The number of carboxylic acids is 2. The number of carbonyl (C=O) groups is 3. The summed E-state index contributed by atoms with van der Waals surface area (Å²) in [6.45, 7) is 15.5. The van der Waals surface area contributed by atoms with Crippen molar-refractivity contribution in [3.05, 3.63) is 50.1 Å². The number of aliphatic carboxylic acids is 2. The van der Waals surface area contributed by atoms with Gasteiger partial charge in [0.15, 0.2) is 0 Å². The van der Waals surface area contributed by atoms with Crippen molar-refractivity contribution in [2.75, 3.05) is 27.2 Å². The summed E-state index contributed by atoms with van der Waals surface area (Å²) in [6, 6.07) is 0. The molecule has 0 saturated carbocycles. The average Bonchev–Trinajstić information content (AvgIpc) is 2.38. The lowest BCUT2D eigenvalue weighted by molar-refractivity contribution is -0.878. The smallest absolute Gasteiger partial charge is 0.331 e. The van der Waals surface area contributed by atoms with E-state index in [1.165, 1.54) is 0 Å². The molecule has 24 heavy (non-hydrogen) atoms. The maximum absolute atomic E-state index is 9.87. The molecule has 0 aliphatic heterocycles. The summed E-state index contributed by atoms with van der Waals surface area (Å²) >= 11 is 0. The fourth-order valence-corrected chi connectivity index (χ4v) is 1.03. The van der Waals surface area contributed by atoms with E-state index >= 15 is 0 Å². The van der Waals surface area contributed by atoms with Crippen LogP contribution < -0.4 is 5.73 Å². The molecule has 0 heterocycles. The first-order valence-corrected chi connectivity index (χ1v) is 6.52. The van der Waals surface area contributed by atoms with E-state index in [4.69, 9.17) is 10.2 Å². The fourth-order valence-electron chi connectivity index (χ4n) is 1.03. The highest BCUT2D eigenvalue weighted by Crippen LogP contribution is 1.96. The molecular formula is C16H28ClN2O5+. The van der Waals surface area contributed by atoms with Gasteiger partial charge in [0.05, 0.1) is 33.6 Å². The Morgan fingerprint density at radius 3 is 1.50 bits per heavy atom. The molecule has 0 aromatic heterocycles. The number of carbonyl (C=O) groups excluding carboxylic acids is 1. The Kier molecular flexibility index (Phi) is 21.0. The number of quaternary nitrogens is 1. The number of amides is 1. The van der Waals surface area contributed by atoms with Crippen LogP contribution in [0.3, 0.4) is 0 Å². The molecule has 0 aliphatic carbocycles. The highest BCUT2D eigenvalue weighted by molar-refractivity contribution is 5.91. The Hall–Kier alpha value is -2.38. The van der Waals surface area contributed by atoms with Crippen molar-refractivity contribution in [2.24, 2.45) is 5.73 Å². The molecule has 0 aromatic carbocycles. The van der Waals surface area contributed by atoms with E-state index in [-0.39, 0.29) is 18.0 Å². The lowest BCUT2D eigenvalue weighted by Crippen LogP contribution is -2.39. The van der Waals surface area contributed by atoms with Crippen LogP contribution >= 0.6 is 12.4 Å². The standard InChI is InChI=1S/C8H16N.C5H6O4.C3H5NO.ClH/c1-5-7-9(3,4)8-6-2;1-3(5(8)9)2-4(6)7;1-2-3(4)5;/h5-6H,1-2,7-8H2,3-4H3;1-2H2,(H,6,7)(H,8,9);2H,1H2,(H2,4,5);1H/q+1;;;. The van der Waals surface area contributed by atoms with Crippen molar-refractivity contribution in [3.8, 4) is 0 Å². The van der Waals surface area contributed by atoms with Gasteiger partial charge in [0.1, 0.15) is 0 Å². The van der Waals surface area contributed by atoms with Gasteiger partial charge in [-0.25, -0.2) is 4.79 Å². The van der Waals surface area contributed by atoms with Crippen LogP contribution in [0.15, 0.2) is 50.1 Å². The maximum Gasteiger partial charge on any atom is 0.331 e. The predicted octanol–water partition coefficient (Wildman–Crippen LogP) is 1.62. The van der Waals surface area contributed by atoms with Crippen LogP contribution in [0.4, 0.5) is 0 Å². The maximum atomic E-state index is 9.87. The van der Waals surface area contributed by atoms with Crippen LogP contribution in [0, 0.1) is 0 Å². The van der Waals surface area contributed by atoms with Gasteiger partial charge < -0.3 is 20.4 Å². The third-order valence-electron chi connectivity index (χ3n) is 2.11. The molecule has 0 spiro atoms. The zero-order chi connectivity index (χ0) is 19.1. The van der Waals surface area contributed by atoms with E-state index in [0.29, 0.717) is 0 Å². The lowest BCUT2D eigenvalue weighted by atomic mass is 10.2. The minimum Gasteiger partial charge on any atom is -0.481 e. The zero-order valence-electron chi connectivity index (χ0n) is 14.2. The Balaban J connectivity index is -0.000000128. The third kappa shape index (κ3) is 27.9. The summed E-state index contributed by atoms with van der Waals surface area (Å²) in [5.41, 5.74) is 4.23. The summed E-state index contributed by atoms with van der Waals surface area (Å²) in [6.07, 6.45) is 4.42. The second kappa shape index (κ2) is 17.0. The molecule has 4 N–H and O–H groups in total. The van der Waals surface area contributed by atoms with Crippen LogP contribution in [0.2, 0.25) is 0 Å². The van der Waals surface area contributed by atoms with Crippen LogP contribution in [-0.2, 0) is 14.4 Å². The summed E-state index contributed by atoms with van der Waals surface area (Å²) in [4.78, 5) is 29.1. The van der Waals surface area contributed by atoms with Crippen molar-refractivity contribution in [1.82, 2.24) is 0 Å². The van der Waals surface area contributed by atoms with Crippen LogP contribution in [0.5, 0.6) is 0 Å². The SMILES string of the molecule is C=C(CC(=O)O)C(=O)O.C=CC(N)=O.C=CC[N+](C)(C)CC=C.Cl. The van der Waals surface area contributed by atoms with Crippen molar-refractivity contribution in [2.45, 2.75) is 6.42 Å². The molecule has 1 amide bonds. The van der Waals surface area contributed by atoms with E-state index in [1.807, 2.05) is 12.2 Å². The second-order valence-electron chi connectivity index (χ2n) is 4.96. The van der Waals surface area contributed by atoms with E-state index in [2.05, 4.69) is 46.1 Å². The normalized spacial score (nSPS) is 8.58. The predicted molar refractivity (Wildman–Crippen MR) is 97.9 cm³/mol. The van der Waals surface area contributed by atoms with Gasteiger partial charge in [-0.15, -0.1) is 12.4 Å². The molecule has 0 aliphatic rings. The molecule has 0 radical (unpaired) electrons. The molecule has 0 saturated heterocycles. The van der Waals surface area contributed by atoms with E-state index in [1.54, 1.807) is 0 Å². The van der Waals surface area contributed by atoms with Crippen molar-refractivity contribution < 1.29 is 29.1 Å². The Labute approximate surface area is 149 Å². The lowest BCUT2D eigenvalue weighted by Gasteiger charge is -2.26. The second-order valence-corrected chi connectivity index (χ2v) is 4.96. The Morgan fingerprint density at radius 2 is 1.38 bits per heavy atom. The molecule has 0 aromatic rings. The molecule has 0 unspecified atom stereocenters. The van der Waals surface area contributed by atoms with Gasteiger partial charge >= 0.3 is 11.9 Å². The van der Waals surface area contributed by atoms with Gasteiger partial charge in [-0.1, -0.05) is 26.3 Å². The number of halogens is 1. The molecule has 8 heteroatoms. The Morgan fingerprint density at radius 1 is 1.04 bits per heavy atom. The quantitative estimate of drug-likeness (QED) is 0.344. The van der Waals surface area contributed by atoms with Crippen molar-refractivity contribution >= 4 is 30.3 Å². The van der Waals surface area contributed by atoms with E-state index < -0.39 is 24.3 Å². The van der Waals surface area contributed by atoms with Crippen LogP contribution in [0.1, 0.15) is 6.42 Å². The molecule has 0 fully saturated rings.